The molecule has 0 bridgehead atoms. The molecule has 1 aromatic rings. The molecule has 118 valence electrons. The van der Waals surface area contributed by atoms with Crippen LogP contribution in [-0.2, 0) is 0 Å². The second-order valence-corrected chi connectivity index (χ2v) is 7.56. The molecule has 0 heterocycles. The summed E-state index contributed by atoms with van der Waals surface area (Å²) in [6, 6.07) is 7.96. The fourth-order valence-corrected chi connectivity index (χ4v) is 4.04. The highest BCUT2D eigenvalue weighted by Crippen LogP contribution is 2.31. The van der Waals surface area contributed by atoms with Crippen molar-refractivity contribution in [1.29, 1.82) is 0 Å². The highest BCUT2D eigenvalue weighted by atomic mass is 32.2. The fourth-order valence-electron chi connectivity index (χ4n) is 2.89. The predicted octanol–water partition coefficient (Wildman–Crippen LogP) is 3.45. The van der Waals surface area contributed by atoms with Crippen LogP contribution in [0.3, 0.4) is 0 Å². The third kappa shape index (κ3) is 5.99. The quantitative estimate of drug-likeness (QED) is 0.556. The van der Waals surface area contributed by atoms with Crippen LogP contribution in [-0.4, -0.2) is 21.7 Å². The van der Waals surface area contributed by atoms with Crippen LogP contribution in [0.5, 0.6) is 0 Å². The van der Waals surface area contributed by atoms with Gasteiger partial charge in [0, 0.05) is 17.1 Å². The van der Waals surface area contributed by atoms with E-state index in [9.17, 15) is 10.2 Å². The Bertz CT molecular complexity index is 439. The lowest BCUT2D eigenvalue weighted by atomic mass is 9.91. The van der Waals surface area contributed by atoms with Crippen molar-refractivity contribution >= 4 is 11.8 Å². The van der Waals surface area contributed by atoms with Gasteiger partial charge in [0.05, 0.1) is 6.10 Å². The molecule has 4 heteroatoms. The molecule has 2 atom stereocenters. The Hall–Kier alpha value is -0.550. The summed E-state index contributed by atoms with van der Waals surface area (Å²) in [4.78, 5) is 1.19. The second kappa shape index (κ2) is 7.63. The van der Waals surface area contributed by atoms with Gasteiger partial charge in [-0.3, -0.25) is 0 Å². The molecule has 0 spiro atoms. The summed E-state index contributed by atoms with van der Waals surface area (Å²) >= 11 is 1.87. The molecule has 21 heavy (non-hydrogen) atoms. The topological polar surface area (TPSA) is 66.5 Å². The lowest BCUT2D eigenvalue weighted by Gasteiger charge is -2.22. The van der Waals surface area contributed by atoms with E-state index in [4.69, 9.17) is 5.73 Å². The van der Waals surface area contributed by atoms with Crippen molar-refractivity contribution in [2.24, 2.45) is 11.7 Å². The fraction of sp³-hybridized carbons (Fsp3) is 0.647. The van der Waals surface area contributed by atoms with Gasteiger partial charge in [0.15, 0.2) is 0 Å². The number of aliphatic hydroxyl groups excluding tert-OH is 1. The highest BCUT2D eigenvalue weighted by molar-refractivity contribution is 7.99. The molecule has 0 aromatic heterocycles. The minimum absolute atomic E-state index is 0.143. The summed E-state index contributed by atoms with van der Waals surface area (Å²) in [5.74, 6) is 2.00. The largest absolute Gasteiger partial charge is 0.388 e. The molecule has 0 aliphatic heterocycles. The van der Waals surface area contributed by atoms with Crippen LogP contribution in [0.2, 0.25) is 0 Å². The maximum atomic E-state index is 10.1. The molecule has 1 fully saturated rings. The third-order valence-corrected chi connectivity index (χ3v) is 5.29. The number of hydrogen-bond acceptors (Lipinski definition) is 4. The van der Waals surface area contributed by atoms with Crippen molar-refractivity contribution < 1.29 is 10.2 Å². The van der Waals surface area contributed by atoms with E-state index in [0.29, 0.717) is 0 Å². The molecule has 1 saturated carbocycles. The number of benzene rings is 1. The van der Waals surface area contributed by atoms with Crippen molar-refractivity contribution in [2.75, 3.05) is 5.75 Å². The van der Waals surface area contributed by atoms with Crippen molar-refractivity contribution in [2.45, 2.75) is 62.2 Å². The van der Waals surface area contributed by atoms with Gasteiger partial charge in [0.1, 0.15) is 5.72 Å². The first-order chi connectivity index (χ1) is 9.94. The summed E-state index contributed by atoms with van der Waals surface area (Å²) in [6.45, 7) is 1.51. The van der Waals surface area contributed by atoms with Gasteiger partial charge in [-0.15, -0.1) is 11.8 Å². The Balaban J connectivity index is 1.90. The van der Waals surface area contributed by atoms with Crippen LogP contribution in [0.15, 0.2) is 29.2 Å². The van der Waals surface area contributed by atoms with E-state index in [1.165, 1.54) is 43.9 Å². The minimum Gasteiger partial charge on any atom is -0.388 e. The maximum absolute atomic E-state index is 10.1. The van der Waals surface area contributed by atoms with Crippen LogP contribution in [0.1, 0.15) is 57.1 Å². The Morgan fingerprint density at radius 1 is 1.33 bits per heavy atom. The first-order valence-corrected chi connectivity index (χ1v) is 8.85. The van der Waals surface area contributed by atoms with Crippen LogP contribution in [0, 0.1) is 5.92 Å². The van der Waals surface area contributed by atoms with E-state index in [1.807, 2.05) is 30.0 Å². The number of thioether (sulfide) groups is 1. The molecule has 2 rings (SSSR count). The van der Waals surface area contributed by atoms with Gasteiger partial charge < -0.3 is 15.9 Å². The first-order valence-electron chi connectivity index (χ1n) is 7.86. The van der Waals surface area contributed by atoms with E-state index in [2.05, 4.69) is 6.07 Å². The van der Waals surface area contributed by atoms with Gasteiger partial charge in [-0.05, 0) is 43.4 Å². The van der Waals surface area contributed by atoms with Gasteiger partial charge in [-0.2, -0.15) is 0 Å². The normalized spacial score (nSPS) is 21.0. The van der Waals surface area contributed by atoms with Crippen LogP contribution in [0.25, 0.3) is 0 Å². The van der Waals surface area contributed by atoms with Crippen molar-refractivity contribution in [1.82, 2.24) is 0 Å². The second-order valence-electron chi connectivity index (χ2n) is 6.46. The van der Waals surface area contributed by atoms with Crippen molar-refractivity contribution in [3.8, 4) is 0 Å². The zero-order chi connectivity index (χ0) is 15.3. The standard InChI is InChI=1S/C17H27NO2S/c1-17(18,20)11-16(19)14-8-5-9-15(10-14)21-12-13-6-3-2-4-7-13/h5,8-10,13,16,19-20H,2-4,6-7,11-12,18H2,1H3. The van der Waals surface area contributed by atoms with Gasteiger partial charge in [0.2, 0.25) is 0 Å². The maximum Gasteiger partial charge on any atom is 0.113 e. The monoisotopic (exact) mass is 309 g/mol. The average molecular weight is 309 g/mol. The molecule has 1 aliphatic rings. The summed E-state index contributed by atoms with van der Waals surface area (Å²) in [7, 11) is 0. The SMILES string of the molecule is CC(N)(O)CC(O)c1cccc(SCC2CCCCC2)c1. The summed E-state index contributed by atoms with van der Waals surface area (Å²) in [5, 5.41) is 19.8. The minimum atomic E-state index is -1.34. The van der Waals surface area contributed by atoms with Gasteiger partial charge in [0.25, 0.3) is 0 Å². The smallest absolute Gasteiger partial charge is 0.113 e. The zero-order valence-corrected chi connectivity index (χ0v) is 13.6. The molecule has 4 N–H and O–H groups in total. The van der Waals surface area contributed by atoms with Crippen LogP contribution >= 0.6 is 11.8 Å². The Labute approximate surface area is 131 Å². The average Bonchev–Trinajstić information content (AvgIpc) is 2.45. The predicted molar refractivity (Wildman–Crippen MR) is 88.1 cm³/mol. The summed E-state index contributed by atoms with van der Waals surface area (Å²) < 4.78 is 0. The zero-order valence-electron chi connectivity index (χ0n) is 12.8. The molecule has 3 nitrogen and oxygen atoms in total. The Kier molecular flexibility index (Phi) is 6.11. The lowest BCUT2D eigenvalue weighted by Crippen LogP contribution is -2.37. The van der Waals surface area contributed by atoms with Crippen LogP contribution < -0.4 is 5.73 Å². The number of nitrogens with two attached hydrogens (primary N) is 1. The summed E-state index contributed by atoms with van der Waals surface area (Å²) in [5.41, 5.74) is 5.04. The molecule has 0 saturated heterocycles. The molecular formula is C17H27NO2S. The van der Waals surface area contributed by atoms with Crippen molar-refractivity contribution in [3.05, 3.63) is 29.8 Å². The Morgan fingerprint density at radius 2 is 2.05 bits per heavy atom. The van der Waals surface area contributed by atoms with Gasteiger partial charge in [-0.1, -0.05) is 31.4 Å². The lowest BCUT2D eigenvalue weighted by molar-refractivity contribution is 0.00815. The van der Waals surface area contributed by atoms with E-state index in [-0.39, 0.29) is 6.42 Å². The summed E-state index contributed by atoms with van der Waals surface area (Å²) in [6.07, 6.45) is 6.26. The van der Waals surface area contributed by atoms with Gasteiger partial charge >= 0.3 is 0 Å². The van der Waals surface area contributed by atoms with E-state index >= 15 is 0 Å². The molecule has 1 aliphatic carbocycles. The van der Waals surface area contributed by atoms with Crippen molar-refractivity contribution in [3.63, 3.8) is 0 Å². The molecule has 1 aromatic carbocycles. The third-order valence-electron chi connectivity index (χ3n) is 4.06. The highest BCUT2D eigenvalue weighted by Gasteiger charge is 2.20. The first kappa shape index (κ1) is 16.8. The molecular weight excluding hydrogens is 282 g/mol. The number of hydrogen-bond donors (Lipinski definition) is 3. The molecule has 2 unspecified atom stereocenters. The molecule has 0 radical (unpaired) electrons. The van der Waals surface area contributed by atoms with Crippen LogP contribution in [0.4, 0.5) is 0 Å². The van der Waals surface area contributed by atoms with E-state index < -0.39 is 11.8 Å². The van der Waals surface area contributed by atoms with Gasteiger partial charge in [-0.25, -0.2) is 0 Å². The molecule has 0 amide bonds. The van der Waals surface area contributed by atoms with E-state index in [1.54, 1.807) is 0 Å². The number of rotatable bonds is 6. The van der Waals surface area contributed by atoms with E-state index in [0.717, 1.165) is 17.2 Å². The Morgan fingerprint density at radius 3 is 2.71 bits per heavy atom. The number of aliphatic hydroxyl groups is 2.